The largest absolute Gasteiger partial charge is 0.484 e. The highest BCUT2D eigenvalue weighted by Crippen LogP contribution is 2.28. The minimum Gasteiger partial charge on any atom is -0.484 e. The molecule has 0 spiro atoms. The van der Waals surface area contributed by atoms with Gasteiger partial charge in [0.15, 0.2) is 11.6 Å². The van der Waals surface area contributed by atoms with E-state index in [2.05, 4.69) is 4.74 Å². The summed E-state index contributed by atoms with van der Waals surface area (Å²) in [4.78, 5) is 11.6. The van der Waals surface area contributed by atoms with Crippen molar-refractivity contribution in [1.29, 1.82) is 0 Å². The number of carbonyl (C=O) groups is 1. The Hall–Kier alpha value is -2.07. The van der Waals surface area contributed by atoms with Crippen LogP contribution >= 0.6 is 11.6 Å². The van der Waals surface area contributed by atoms with Gasteiger partial charge < -0.3 is 9.47 Å². The molecule has 0 fully saturated rings. The number of methoxy groups -OCH3 is 1. The second-order valence-electron chi connectivity index (χ2n) is 3.99. The Morgan fingerprint density at radius 3 is 2.65 bits per heavy atom. The first-order valence-corrected chi connectivity index (χ1v) is 6.24. The molecule has 0 radical (unpaired) electrons. The fourth-order valence-corrected chi connectivity index (χ4v) is 1.94. The molecule has 0 N–H and O–H groups in total. The highest BCUT2D eigenvalue weighted by atomic mass is 35.5. The molecule has 3 nitrogen and oxygen atoms in total. The van der Waals surface area contributed by atoms with E-state index in [1.165, 1.54) is 25.3 Å². The number of ether oxygens (including phenoxy) is 2. The lowest BCUT2D eigenvalue weighted by Crippen LogP contribution is -2.08. The van der Waals surface area contributed by atoms with Crippen LogP contribution in [0.3, 0.4) is 0 Å². The summed E-state index contributed by atoms with van der Waals surface area (Å²) >= 11 is 5.87. The van der Waals surface area contributed by atoms with Crippen LogP contribution in [0.15, 0.2) is 42.5 Å². The van der Waals surface area contributed by atoms with Crippen molar-refractivity contribution in [3.63, 3.8) is 0 Å². The van der Waals surface area contributed by atoms with E-state index in [0.29, 0.717) is 11.1 Å². The molecule has 0 aliphatic heterocycles. The van der Waals surface area contributed by atoms with Crippen molar-refractivity contribution in [2.45, 2.75) is 6.61 Å². The second-order valence-corrected chi connectivity index (χ2v) is 4.40. The van der Waals surface area contributed by atoms with Crippen LogP contribution in [-0.4, -0.2) is 13.1 Å². The Morgan fingerprint density at radius 1 is 1.20 bits per heavy atom. The van der Waals surface area contributed by atoms with E-state index in [1.807, 2.05) is 0 Å². The third-order valence-corrected chi connectivity index (χ3v) is 3.01. The predicted octanol–water partition coefficient (Wildman–Crippen LogP) is 3.84. The standard InChI is InChI=1S/C15H12ClFO3/c1-19-15(18)11-6-3-2-5-10(11)9-20-14-12(16)7-4-8-13(14)17/h2-8H,9H2,1H3. The summed E-state index contributed by atoms with van der Waals surface area (Å²) in [6.45, 7) is 0.0198. The van der Waals surface area contributed by atoms with E-state index in [0.717, 1.165) is 0 Å². The molecule has 2 aromatic rings. The number of benzene rings is 2. The first kappa shape index (κ1) is 14.3. The van der Waals surface area contributed by atoms with Crippen molar-refractivity contribution >= 4 is 17.6 Å². The fraction of sp³-hybridized carbons (Fsp3) is 0.133. The zero-order chi connectivity index (χ0) is 14.5. The number of hydrogen-bond acceptors (Lipinski definition) is 3. The van der Waals surface area contributed by atoms with Crippen molar-refractivity contribution < 1.29 is 18.7 Å². The van der Waals surface area contributed by atoms with Gasteiger partial charge >= 0.3 is 5.97 Å². The van der Waals surface area contributed by atoms with Gasteiger partial charge in [0.25, 0.3) is 0 Å². The monoisotopic (exact) mass is 294 g/mol. The number of rotatable bonds is 4. The molecule has 0 amide bonds. The Kier molecular flexibility index (Phi) is 4.58. The minimum atomic E-state index is -0.548. The first-order valence-electron chi connectivity index (χ1n) is 5.86. The lowest BCUT2D eigenvalue weighted by atomic mass is 10.1. The average Bonchev–Trinajstić information content (AvgIpc) is 2.46. The smallest absolute Gasteiger partial charge is 0.338 e. The third kappa shape index (κ3) is 3.08. The average molecular weight is 295 g/mol. The highest BCUT2D eigenvalue weighted by molar-refractivity contribution is 6.32. The maximum atomic E-state index is 13.6. The number of halogens is 2. The molecule has 0 heterocycles. The van der Waals surface area contributed by atoms with Crippen molar-refractivity contribution in [3.05, 3.63) is 64.4 Å². The molecule has 0 aliphatic carbocycles. The molecule has 0 saturated heterocycles. The van der Waals surface area contributed by atoms with Crippen molar-refractivity contribution in [2.75, 3.05) is 7.11 Å². The van der Waals surface area contributed by atoms with Gasteiger partial charge in [-0.2, -0.15) is 0 Å². The van der Waals surface area contributed by atoms with Crippen molar-refractivity contribution in [1.82, 2.24) is 0 Å². The Balaban J connectivity index is 2.21. The van der Waals surface area contributed by atoms with Gasteiger partial charge in [0, 0.05) is 5.56 Å². The van der Waals surface area contributed by atoms with Gasteiger partial charge in [-0.05, 0) is 18.2 Å². The van der Waals surface area contributed by atoms with Gasteiger partial charge in [-0.15, -0.1) is 0 Å². The summed E-state index contributed by atoms with van der Waals surface area (Å²) in [5.41, 5.74) is 0.973. The lowest BCUT2D eigenvalue weighted by Gasteiger charge is -2.11. The van der Waals surface area contributed by atoms with Gasteiger partial charge in [0.2, 0.25) is 0 Å². The Morgan fingerprint density at radius 2 is 1.95 bits per heavy atom. The van der Waals surface area contributed by atoms with E-state index >= 15 is 0 Å². The molecule has 0 aliphatic rings. The van der Waals surface area contributed by atoms with E-state index in [9.17, 15) is 9.18 Å². The molecule has 0 atom stereocenters. The van der Waals surface area contributed by atoms with Crippen molar-refractivity contribution in [3.8, 4) is 5.75 Å². The number of hydrogen-bond donors (Lipinski definition) is 0. The normalized spacial score (nSPS) is 10.2. The quantitative estimate of drug-likeness (QED) is 0.804. The lowest BCUT2D eigenvalue weighted by molar-refractivity contribution is 0.0597. The van der Waals surface area contributed by atoms with Gasteiger partial charge in [-0.3, -0.25) is 0 Å². The predicted molar refractivity (Wildman–Crippen MR) is 73.5 cm³/mol. The minimum absolute atomic E-state index is 0.0198. The summed E-state index contributed by atoms with van der Waals surface area (Å²) in [7, 11) is 1.30. The zero-order valence-electron chi connectivity index (χ0n) is 10.7. The van der Waals surface area contributed by atoms with Gasteiger partial charge in [0.1, 0.15) is 6.61 Å². The molecule has 5 heteroatoms. The summed E-state index contributed by atoms with van der Waals surface area (Å²) in [6.07, 6.45) is 0. The molecular formula is C15H12ClFO3. The van der Waals surface area contributed by atoms with Crippen LogP contribution in [0.25, 0.3) is 0 Å². The van der Waals surface area contributed by atoms with Crippen LogP contribution in [0, 0.1) is 5.82 Å². The SMILES string of the molecule is COC(=O)c1ccccc1COc1c(F)cccc1Cl. The molecule has 0 saturated carbocycles. The Labute approximate surface area is 120 Å². The molecule has 0 unspecified atom stereocenters. The molecule has 2 rings (SSSR count). The van der Waals surface area contributed by atoms with E-state index in [-0.39, 0.29) is 17.4 Å². The van der Waals surface area contributed by atoms with Gasteiger partial charge in [-0.25, -0.2) is 9.18 Å². The van der Waals surface area contributed by atoms with Crippen LogP contribution in [0.4, 0.5) is 4.39 Å². The molecular weight excluding hydrogens is 283 g/mol. The van der Waals surface area contributed by atoms with E-state index in [4.69, 9.17) is 16.3 Å². The van der Waals surface area contributed by atoms with Crippen LogP contribution < -0.4 is 4.74 Å². The van der Waals surface area contributed by atoms with E-state index in [1.54, 1.807) is 24.3 Å². The van der Waals surface area contributed by atoms with Crippen molar-refractivity contribution in [2.24, 2.45) is 0 Å². The number of esters is 1. The van der Waals surface area contributed by atoms with Crippen LogP contribution in [0.2, 0.25) is 5.02 Å². The van der Waals surface area contributed by atoms with E-state index < -0.39 is 11.8 Å². The number of para-hydroxylation sites is 1. The summed E-state index contributed by atoms with van der Waals surface area (Å²) in [5.74, 6) is -1.05. The second kappa shape index (κ2) is 6.39. The molecule has 20 heavy (non-hydrogen) atoms. The van der Waals surface area contributed by atoms with Crippen LogP contribution in [0.1, 0.15) is 15.9 Å². The Bertz CT molecular complexity index is 608. The topological polar surface area (TPSA) is 35.5 Å². The highest BCUT2D eigenvalue weighted by Gasteiger charge is 2.13. The maximum Gasteiger partial charge on any atom is 0.338 e. The maximum absolute atomic E-state index is 13.6. The summed E-state index contributed by atoms with van der Waals surface area (Å²) in [6, 6.07) is 11.1. The molecule has 0 aromatic heterocycles. The number of carbonyl (C=O) groups excluding carboxylic acids is 1. The van der Waals surface area contributed by atoms with Gasteiger partial charge in [-0.1, -0.05) is 35.9 Å². The van der Waals surface area contributed by atoms with Crippen LogP contribution in [-0.2, 0) is 11.3 Å². The molecule has 2 aromatic carbocycles. The summed E-state index contributed by atoms with van der Waals surface area (Å²) in [5, 5.41) is 0.181. The third-order valence-electron chi connectivity index (χ3n) is 2.71. The first-order chi connectivity index (χ1) is 9.63. The zero-order valence-corrected chi connectivity index (χ0v) is 11.5. The fourth-order valence-electron chi connectivity index (χ4n) is 1.73. The van der Waals surface area contributed by atoms with Crippen LogP contribution in [0.5, 0.6) is 5.75 Å². The molecule has 0 bridgehead atoms. The van der Waals surface area contributed by atoms with Gasteiger partial charge in [0.05, 0.1) is 17.7 Å². The molecule has 104 valence electrons. The summed E-state index contributed by atoms with van der Waals surface area (Å²) < 4.78 is 23.6.